The molecule has 1 aromatic heterocycles. The number of rotatable bonds is 6. The van der Waals surface area contributed by atoms with Gasteiger partial charge in [-0.2, -0.15) is 5.10 Å². The molecule has 9 nitrogen and oxygen atoms in total. The quantitative estimate of drug-likeness (QED) is 0.207. The van der Waals surface area contributed by atoms with Crippen molar-refractivity contribution in [1.29, 1.82) is 0 Å². The lowest BCUT2D eigenvalue weighted by Gasteiger charge is -2.52. The van der Waals surface area contributed by atoms with Gasteiger partial charge in [0.25, 0.3) is 10.0 Å². The third-order valence-corrected chi connectivity index (χ3v) is 10.9. The second kappa shape index (κ2) is 11.1. The van der Waals surface area contributed by atoms with Crippen LogP contribution in [0.25, 0.3) is 5.69 Å². The molecule has 0 aliphatic carbocycles. The molecule has 0 saturated heterocycles. The molecular formula is C36H33N3O6S. The Balaban J connectivity index is 1.57. The number of esters is 1. The average molecular weight is 636 g/mol. The highest BCUT2D eigenvalue weighted by Crippen LogP contribution is 2.63. The zero-order chi connectivity index (χ0) is 32.2. The summed E-state index contributed by atoms with van der Waals surface area (Å²) in [5.74, 6) is -0.331. The van der Waals surface area contributed by atoms with E-state index in [0.717, 1.165) is 11.3 Å². The van der Waals surface area contributed by atoms with Gasteiger partial charge < -0.3 is 14.2 Å². The van der Waals surface area contributed by atoms with E-state index in [9.17, 15) is 13.2 Å². The Kier molecular flexibility index (Phi) is 7.12. The number of aryl methyl sites for hydroxylation is 2. The zero-order valence-corrected chi connectivity index (χ0v) is 26.7. The van der Waals surface area contributed by atoms with Crippen molar-refractivity contribution >= 4 is 21.7 Å². The standard InChI is InChI=1S/C36H33N3O6S/c1-23-18-20-26(21-19-23)46(41,42)38-22-36(35(40)44-4)32(27-14-8-10-16-29(27)38)31-24(2)37-39(25-12-6-5-7-13-25)34(31)45-33(36)28-15-9-11-17-30(28)43-3/h5-21,32-33H,22H2,1-4H3/t32-,33-,36+/m0/s1. The SMILES string of the molecule is COC(=O)[C@]12CN(S(=O)(=O)c3ccc(C)cc3)c3ccccc3[C@H]1c1c(C)nn(-c3ccccc3)c1O[C@H]2c1ccccc1OC. The lowest BCUT2D eigenvalue weighted by Crippen LogP contribution is -2.59. The van der Waals surface area contributed by atoms with Crippen LogP contribution in [0, 0.1) is 19.3 Å². The molecule has 2 aliphatic heterocycles. The third kappa shape index (κ3) is 4.31. The first-order valence-corrected chi connectivity index (χ1v) is 16.4. The van der Waals surface area contributed by atoms with Crippen molar-refractivity contribution in [2.45, 2.75) is 30.8 Å². The summed E-state index contributed by atoms with van der Waals surface area (Å²) in [6.45, 7) is 3.52. The molecule has 0 bridgehead atoms. The van der Waals surface area contributed by atoms with E-state index >= 15 is 0 Å². The minimum absolute atomic E-state index is 0.116. The number of anilines is 1. The molecule has 0 saturated carbocycles. The number of nitrogens with zero attached hydrogens (tertiary/aromatic N) is 3. The zero-order valence-electron chi connectivity index (χ0n) is 25.9. The molecule has 3 atom stereocenters. The van der Waals surface area contributed by atoms with Gasteiger partial charge in [-0.05, 0) is 55.8 Å². The molecule has 0 unspecified atom stereocenters. The van der Waals surface area contributed by atoms with Crippen LogP contribution in [0.4, 0.5) is 5.69 Å². The van der Waals surface area contributed by atoms with E-state index in [4.69, 9.17) is 19.3 Å². The van der Waals surface area contributed by atoms with Gasteiger partial charge in [0.2, 0.25) is 5.88 Å². The van der Waals surface area contributed by atoms with E-state index in [1.165, 1.54) is 11.4 Å². The maximum atomic E-state index is 14.6. The second-order valence-corrected chi connectivity index (χ2v) is 13.5. The van der Waals surface area contributed by atoms with Crippen LogP contribution < -0.4 is 13.8 Å². The highest BCUT2D eigenvalue weighted by molar-refractivity contribution is 7.92. The third-order valence-electron chi connectivity index (χ3n) is 9.08. The van der Waals surface area contributed by atoms with Crippen LogP contribution in [0.2, 0.25) is 0 Å². The predicted octanol–water partition coefficient (Wildman–Crippen LogP) is 6.13. The van der Waals surface area contributed by atoms with Crippen molar-refractivity contribution in [3.05, 3.63) is 131 Å². The van der Waals surface area contributed by atoms with Gasteiger partial charge in [0.1, 0.15) is 17.3 Å². The van der Waals surface area contributed by atoms with E-state index in [1.807, 2.05) is 74.5 Å². The number of hydrogen-bond donors (Lipinski definition) is 0. The molecule has 5 aromatic rings. The molecular weight excluding hydrogens is 602 g/mol. The predicted molar refractivity (Wildman–Crippen MR) is 173 cm³/mol. The van der Waals surface area contributed by atoms with Crippen molar-refractivity contribution in [2.24, 2.45) is 5.41 Å². The molecule has 7 rings (SSSR count). The number of carbonyl (C=O) groups is 1. The van der Waals surface area contributed by atoms with E-state index in [0.29, 0.717) is 39.7 Å². The Morgan fingerprint density at radius 3 is 2.22 bits per heavy atom. The monoisotopic (exact) mass is 635 g/mol. The molecule has 234 valence electrons. The van der Waals surface area contributed by atoms with Crippen molar-refractivity contribution in [2.75, 3.05) is 25.1 Å². The largest absolute Gasteiger partial charge is 0.496 e. The van der Waals surface area contributed by atoms with Gasteiger partial charge in [0.15, 0.2) is 0 Å². The van der Waals surface area contributed by atoms with Crippen LogP contribution in [0.3, 0.4) is 0 Å². The summed E-state index contributed by atoms with van der Waals surface area (Å²) in [6.07, 6.45) is -1.03. The molecule has 0 spiro atoms. The summed E-state index contributed by atoms with van der Waals surface area (Å²) in [7, 11) is -1.28. The summed E-state index contributed by atoms with van der Waals surface area (Å²) < 4.78 is 50.5. The molecule has 46 heavy (non-hydrogen) atoms. The summed E-state index contributed by atoms with van der Waals surface area (Å²) in [4.78, 5) is 14.7. The average Bonchev–Trinajstić information content (AvgIpc) is 3.42. The van der Waals surface area contributed by atoms with E-state index < -0.39 is 33.4 Å². The maximum Gasteiger partial charge on any atom is 0.318 e. The van der Waals surface area contributed by atoms with Gasteiger partial charge in [0, 0.05) is 17.0 Å². The number of methoxy groups -OCH3 is 2. The number of fused-ring (bicyclic) bond motifs is 5. The van der Waals surface area contributed by atoms with Crippen LogP contribution >= 0.6 is 0 Å². The molecule has 0 radical (unpaired) electrons. The molecule has 2 aliphatic rings. The normalized spacial score (nSPS) is 20.1. The Morgan fingerprint density at radius 1 is 0.870 bits per heavy atom. The van der Waals surface area contributed by atoms with Crippen molar-refractivity contribution in [3.63, 3.8) is 0 Å². The topological polar surface area (TPSA) is 100.0 Å². The van der Waals surface area contributed by atoms with Crippen LogP contribution in [-0.2, 0) is 19.6 Å². The van der Waals surface area contributed by atoms with Crippen molar-refractivity contribution in [3.8, 4) is 17.3 Å². The second-order valence-electron chi connectivity index (χ2n) is 11.6. The first kappa shape index (κ1) is 29.6. The summed E-state index contributed by atoms with van der Waals surface area (Å²) in [5, 5.41) is 4.91. The van der Waals surface area contributed by atoms with Crippen LogP contribution in [0.1, 0.15) is 40.0 Å². The van der Waals surface area contributed by atoms with Gasteiger partial charge in [-0.15, -0.1) is 0 Å². The fraction of sp³-hybridized carbons (Fsp3) is 0.222. The molecule has 3 heterocycles. The van der Waals surface area contributed by atoms with E-state index in [2.05, 4.69) is 0 Å². The fourth-order valence-corrected chi connectivity index (χ4v) is 8.52. The first-order chi connectivity index (χ1) is 22.2. The van der Waals surface area contributed by atoms with E-state index in [-0.39, 0.29) is 11.4 Å². The fourth-order valence-electron chi connectivity index (χ4n) is 6.98. The Labute approximate surface area is 268 Å². The lowest BCUT2D eigenvalue weighted by molar-refractivity contribution is -0.162. The molecule has 0 fully saturated rings. The molecule has 0 amide bonds. The van der Waals surface area contributed by atoms with Gasteiger partial charge in [-0.1, -0.05) is 72.3 Å². The van der Waals surface area contributed by atoms with Crippen LogP contribution in [-0.4, -0.2) is 44.9 Å². The number of hydrogen-bond acceptors (Lipinski definition) is 7. The number of sulfonamides is 1. The minimum Gasteiger partial charge on any atom is -0.496 e. The van der Waals surface area contributed by atoms with Gasteiger partial charge in [0.05, 0.1) is 42.7 Å². The Morgan fingerprint density at radius 2 is 1.52 bits per heavy atom. The van der Waals surface area contributed by atoms with Crippen molar-refractivity contribution in [1.82, 2.24) is 9.78 Å². The lowest BCUT2D eigenvalue weighted by atomic mass is 9.60. The number of benzene rings is 4. The Hall–Kier alpha value is -5.09. The highest BCUT2D eigenvalue weighted by Gasteiger charge is 2.65. The minimum atomic E-state index is -4.15. The summed E-state index contributed by atoms with van der Waals surface area (Å²) >= 11 is 0. The Bertz CT molecular complexity index is 2060. The molecule has 10 heteroatoms. The maximum absolute atomic E-state index is 14.6. The summed E-state index contributed by atoms with van der Waals surface area (Å²) in [5.41, 5.74) is 3.18. The number of aromatic nitrogens is 2. The van der Waals surface area contributed by atoms with Crippen molar-refractivity contribution < 1.29 is 27.4 Å². The van der Waals surface area contributed by atoms with Crippen LogP contribution in [0.15, 0.2) is 108 Å². The first-order valence-electron chi connectivity index (χ1n) is 14.9. The smallest absolute Gasteiger partial charge is 0.318 e. The van der Waals surface area contributed by atoms with E-state index in [1.54, 1.807) is 54.3 Å². The summed E-state index contributed by atoms with van der Waals surface area (Å²) in [6, 6.07) is 31.0. The number of ether oxygens (including phenoxy) is 3. The van der Waals surface area contributed by atoms with Gasteiger partial charge in [-0.3, -0.25) is 9.10 Å². The molecule has 4 aromatic carbocycles. The van der Waals surface area contributed by atoms with Gasteiger partial charge >= 0.3 is 5.97 Å². The molecule has 0 N–H and O–H groups in total. The van der Waals surface area contributed by atoms with Gasteiger partial charge in [-0.25, -0.2) is 13.1 Å². The number of para-hydroxylation sites is 3. The highest BCUT2D eigenvalue weighted by atomic mass is 32.2. The van der Waals surface area contributed by atoms with Crippen LogP contribution in [0.5, 0.6) is 11.6 Å². The number of carbonyl (C=O) groups excluding carboxylic acids is 1.